The summed E-state index contributed by atoms with van der Waals surface area (Å²) in [4.78, 5) is 36.5. The molecule has 1 aliphatic rings. The summed E-state index contributed by atoms with van der Waals surface area (Å²) in [6.45, 7) is 2.23. The van der Waals surface area contributed by atoms with Crippen LogP contribution >= 0.6 is 0 Å². The van der Waals surface area contributed by atoms with Crippen LogP contribution in [0.5, 0.6) is 11.5 Å². The lowest BCUT2D eigenvalue weighted by molar-refractivity contribution is -0.152. The maximum absolute atomic E-state index is 12.5. The van der Waals surface area contributed by atoms with Gasteiger partial charge < -0.3 is 18.9 Å². The number of esters is 1. The maximum Gasteiger partial charge on any atom is 0.418 e. The third kappa shape index (κ3) is 3.27. The SMILES string of the molecule is COc1cccc(CN2C(=O)OC(C)(COC(C)=O)C2=O)c1OC. The van der Waals surface area contributed by atoms with Crippen molar-refractivity contribution in [2.24, 2.45) is 0 Å². The predicted octanol–water partition coefficient (Wildman–Crippen LogP) is 1.50. The second-order valence-corrected chi connectivity index (χ2v) is 5.42. The molecule has 1 heterocycles. The largest absolute Gasteiger partial charge is 0.493 e. The fourth-order valence-corrected chi connectivity index (χ4v) is 2.38. The number of carbonyl (C=O) groups excluding carboxylic acids is 3. The molecule has 2 amide bonds. The molecule has 1 aliphatic heterocycles. The third-order valence-electron chi connectivity index (χ3n) is 3.59. The lowest BCUT2D eigenvalue weighted by atomic mass is 10.1. The Morgan fingerprint density at radius 2 is 1.96 bits per heavy atom. The van der Waals surface area contributed by atoms with Crippen molar-refractivity contribution in [1.82, 2.24) is 4.90 Å². The van der Waals surface area contributed by atoms with Gasteiger partial charge in [0.1, 0.15) is 6.61 Å². The van der Waals surface area contributed by atoms with E-state index >= 15 is 0 Å². The van der Waals surface area contributed by atoms with Crippen molar-refractivity contribution in [2.45, 2.75) is 26.0 Å². The number of imide groups is 1. The van der Waals surface area contributed by atoms with Crippen molar-refractivity contribution in [2.75, 3.05) is 20.8 Å². The summed E-state index contributed by atoms with van der Waals surface area (Å²) in [5.74, 6) is -0.238. The summed E-state index contributed by atoms with van der Waals surface area (Å²) >= 11 is 0. The third-order valence-corrected chi connectivity index (χ3v) is 3.59. The minimum Gasteiger partial charge on any atom is -0.493 e. The molecule has 1 unspecified atom stereocenters. The summed E-state index contributed by atoms with van der Waals surface area (Å²) in [7, 11) is 2.96. The van der Waals surface area contributed by atoms with Crippen LogP contribution in [0, 0.1) is 0 Å². The van der Waals surface area contributed by atoms with E-state index in [4.69, 9.17) is 18.9 Å². The highest BCUT2D eigenvalue weighted by molar-refractivity contribution is 6.02. The van der Waals surface area contributed by atoms with Gasteiger partial charge in [-0.2, -0.15) is 0 Å². The molecular weight excluding hydrogens is 318 g/mol. The van der Waals surface area contributed by atoms with Crippen LogP contribution in [0.15, 0.2) is 18.2 Å². The van der Waals surface area contributed by atoms with Crippen LogP contribution in [0.4, 0.5) is 4.79 Å². The first-order chi connectivity index (χ1) is 11.3. The molecule has 1 fully saturated rings. The maximum atomic E-state index is 12.5. The Bertz CT molecular complexity index is 672. The van der Waals surface area contributed by atoms with E-state index in [-0.39, 0.29) is 13.2 Å². The van der Waals surface area contributed by atoms with Gasteiger partial charge >= 0.3 is 12.1 Å². The Hall–Kier alpha value is -2.77. The van der Waals surface area contributed by atoms with Crippen molar-refractivity contribution in [3.63, 3.8) is 0 Å². The van der Waals surface area contributed by atoms with Crippen molar-refractivity contribution in [3.05, 3.63) is 23.8 Å². The van der Waals surface area contributed by atoms with E-state index in [1.165, 1.54) is 28.1 Å². The topological polar surface area (TPSA) is 91.4 Å². The molecule has 24 heavy (non-hydrogen) atoms. The first kappa shape index (κ1) is 17.6. The predicted molar refractivity (Wildman–Crippen MR) is 81.6 cm³/mol. The first-order valence-corrected chi connectivity index (χ1v) is 7.20. The van der Waals surface area contributed by atoms with Gasteiger partial charge in [0.15, 0.2) is 11.5 Å². The van der Waals surface area contributed by atoms with Gasteiger partial charge in [0.05, 0.1) is 20.8 Å². The number of benzene rings is 1. The van der Waals surface area contributed by atoms with Crippen LogP contribution in [-0.2, 0) is 25.6 Å². The fourth-order valence-electron chi connectivity index (χ4n) is 2.38. The monoisotopic (exact) mass is 337 g/mol. The van der Waals surface area contributed by atoms with E-state index in [2.05, 4.69) is 0 Å². The molecule has 0 bridgehead atoms. The molecule has 0 spiro atoms. The molecule has 1 saturated heterocycles. The van der Waals surface area contributed by atoms with Crippen LogP contribution in [0.2, 0.25) is 0 Å². The number of hydrogen-bond acceptors (Lipinski definition) is 7. The molecule has 1 aromatic rings. The van der Waals surface area contributed by atoms with Gasteiger partial charge in [0.2, 0.25) is 5.60 Å². The van der Waals surface area contributed by atoms with Gasteiger partial charge in [0.25, 0.3) is 5.91 Å². The van der Waals surface area contributed by atoms with Gasteiger partial charge in [-0.15, -0.1) is 0 Å². The average molecular weight is 337 g/mol. The van der Waals surface area contributed by atoms with Crippen LogP contribution < -0.4 is 9.47 Å². The molecule has 1 aromatic carbocycles. The number of hydrogen-bond donors (Lipinski definition) is 0. The van der Waals surface area contributed by atoms with Crippen LogP contribution in [-0.4, -0.2) is 49.3 Å². The van der Waals surface area contributed by atoms with Crippen molar-refractivity contribution >= 4 is 18.0 Å². The minimum atomic E-state index is -1.53. The Labute approximate surface area is 139 Å². The summed E-state index contributed by atoms with van der Waals surface area (Å²) < 4.78 is 20.4. The molecule has 8 nitrogen and oxygen atoms in total. The number of rotatable bonds is 6. The molecular formula is C16H19NO7. The molecule has 0 aliphatic carbocycles. The summed E-state index contributed by atoms with van der Waals surface area (Å²) in [6.07, 6.45) is -0.806. The van der Waals surface area contributed by atoms with Gasteiger partial charge in [-0.25, -0.2) is 9.69 Å². The van der Waals surface area contributed by atoms with Gasteiger partial charge in [-0.3, -0.25) is 9.59 Å². The number of methoxy groups -OCH3 is 2. The standard InChI is InChI=1S/C16H19NO7/c1-10(18)23-9-16(2)14(19)17(15(20)24-16)8-11-6-5-7-12(21-3)13(11)22-4/h5-7H,8-9H2,1-4H3. The molecule has 2 rings (SSSR count). The Balaban J connectivity index is 2.23. The molecule has 0 aromatic heterocycles. The van der Waals surface area contributed by atoms with Crippen LogP contribution in [0.25, 0.3) is 0 Å². The quantitative estimate of drug-likeness (QED) is 0.727. The Kier molecular flexibility index (Phi) is 4.96. The first-order valence-electron chi connectivity index (χ1n) is 7.20. The number of nitrogens with zero attached hydrogens (tertiary/aromatic N) is 1. The number of amides is 2. The van der Waals surface area contributed by atoms with Gasteiger partial charge in [-0.05, 0) is 13.0 Å². The van der Waals surface area contributed by atoms with E-state index in [1.807, 2.05) is 0 Å². The number of carbonyl (C=O) groups is 3. The zero-order valence-electron chi connectivity index (χ0n) is 14.0. The van der Waals surface area contributed by atoms with Crippen molar-refractivity contribution < 1.29 is 33.3 Å². The minimum absolute atomic E-state index is 0.0479. The molecule has 130 valence electrons. The number of ether oxygens (including phenoxy) is 4. The molecule has 0 radical (unpaired) electrons. The van der Waals surface area contributed by atoms with E-state index in [1.54, 1.807) is 18.2 Å². The average Bonchev–Trinajstić information content (AvgIpc) is 2.76. The van der Waals surface area contributed by atoms with Gasteiger partial charge in [-0.1, -0.05) is 12.1 Å². The summed E-state index contributed by atoms with van der Waals surface area (Å²) in [6, 6.07) is 5.14. The zero-order valence-corrected chi connectivity index (χ0v) is 14.0. The van der Waals surface area contributed by atoms with Crippen molar-refractivity contribution in [1.29, 1.82) is 0 Å². The van der Waals surface area contributed by atoms with E-state index in [0.29, 0.717) is 17.1 Å². The van der Waals surface area contributed by atoms with Crippen molar-refractivity contribution in [3.8, 4) is 11.5 Å². The lowest BCUT2D eigenvalue weighted by Gasteiger charge is -2.19. The molecule has 0 saturated carbocycles. The lowest BCUT2D eigenvalue weighted by Crippen LogP contribution is -2.42. The van der Waals surface area contributed by atoms with Gasteiger partial charge in [0, 0.05) is 12.5 Å². The normalized spacial score (nSPS) is 19.9. The zero-order chi connectivity index (χ0) is 17.9. The second kappa shape index (κ2) is 6.77. The summed E-state index contributed by atoms with van der Waals surface area (Å²) in [5, 5.41) is 0. The van der Waals surface area contributed by atoms with Crippen LogP contribution in [0.1, 0.15) is 19.4 Å². The second-order valence-electron chi connectivity index (χ2n) is 5.42. The summed E-state index contributed by atoms with van der Waals surface area (Å²) in [5.41, 5.74) is -0.951. The highest BCUT2D eigenvalue weighted by Gasteiger charge is 2.51. The number of cyclic esters (lactones) is 1. The van der Waals surface area contributed by atoms with E-state index < -0.39 is 23.6 Å². The highest BCUT2D eigenvalue weighted by Crippen LogP contribution is 2.34. The molecule has 0 N–H and O–H groups in total. The molecule has 8 heteroatoms. The van der Waals surface area contributed by atoms with E-state index in [0.717, 1.165) is 4.90 Å². The van der Waals surface area contributed by atoms with Crippen LogP contribution in [0.3, 0.4) is 0 Å². The smallest absolute Gasteiger partial charge is 0.418 e. The Morgan fingerprint density at radius 1 is 1.25 bits per heavy atom. The highest BCUT2D eigenvalue weighted by atomic mass is 16.6. The number of para-hydroxylation sites is 1. The Morgan fingerprint density at radius 3 is 2.54 bits per heavy atom. The molecule has 1 atom stereocenters. The van der Waals surface area contributed by atoms with E-state index in [9.17, 15) is 14.4 Å². The fraction of sp³-hybridized carbons (Fsp3) is 0.438.